The summed E-state index contributed by atoms with van der Waals surface area (Å²) in [4.78, 5) is 3.90. The number of nitrogens with zero attached hydrogens (tertiary/aromatic N) is 1. The largest absolute Gasteiger partial charge is 0.480 e. The van der Waals surface area contributed by atoms with Crippen molar-refractivity contribution in [1.82, 2.24) is 4.98 Å². The highest BCUT2D eigenvalue weighted by Gasteiger charge is 2.18. The number of aliphatic hydroxyl groups excluding tert-OH is 2. The molecule has 2 unspecified atom stereocenters. The number of ether oxygens (including phenoxy) is 1. The van der Waals surface area contributed by atoms with Crippen molar-refractivity contribution < 1.29 is 14.9 Å². The van der Waals surface area contributed by atoms with Gasteiger partial charge in [0, 0.05) is 17.1 Å². The third kappa shape index (κ3) is 2.80. The summed E-state index contributed by atoms with van der Waals surface area (Å²) < 4.78 is 4.88. The maximum Gasteiger partial charge on any atom is 0.236 e. The second-order valence-electron chi connectivity index (χ2n) is 3.03. The van der Waals surface area contributed by atoms with E-state index in [1.165, 1.54) is 19.4 Å². The zero-order valence-electron chi connectivity index (χ0n) is 8.22. The molecule has 0 aromatic carbocycles. The number of pyridine rings is 1. The Labute approximate surface area is 96.0 Å². The summed E-state index contributed by atoms with van der Waals surface area (Å²) in [6.07, 6.45) is -0.476. The molecule has 0 saturated heterocycles. The van der Waals surface area contributed by atoms with Gasteiger partial charge < -0.3 is 20.7 Å². The van der Waals surface area contributed by atoms with Crippen molar-refractivity contribution in [3.63, 3.8) is 0 Å². The molecular weight excluding hydrogens is 264 g/mol. The number of nitrogen functional groups attached to an aromatic ring is 1. The van der Waals surface area contributed by atoms with Crippen LogP contribution < -0.4 is 10.5 Å². The fourth-order valence-corrected chi connectivity index (χ4v) is 1.48. The fourth-order valence-electron chi connectivity index (χ4n) is 1.13. The van der Waals surface area contributed by atoms with Crippen LogP contribution in [0.1, 0.15) is 11.7 Å². The van der Waals surface area contributed by atoms with E-state index < -0.39 is 12.2 Å². The number of aromatic nitrogens is 1. The summed E-state index contributed by atoms with van der Waals surface area (Å²) in [7, 11) is 1.46. The minimum absolute atomic E-state index is 0.278. The van der Waals surface area contributed by atoms with Crippen LogP contribution >= 0.6 is 15.9 Å². The van der Waals surface area contributed by atoms with Crippen molar-refractivity contribution in [1.29, 1.82) is 0 Å². The van der Waals surface area contributed by atoms with Crippen LogP contribution in [-0.4, -0.2) is 33.7 Å². The fraction of sp³-hybridized carbons (Fsp3) is 0.444. The van der Waals surface area contributed by atoms with Crippen LogP contribution in [0.5, 0.6) is 5.88 Å². The third-order valence-electron chi connectivity index (χ3n) is 1.96. The van der Waals surface area contributed by atoms with Gasteiger partial charge in [0.25, 0.3) is 0 Å². The molecule has 0 aliphatic heterocycles. The molecule has 84 valence electrons. The molecule has 15 heavy (non-hydrogen) atoms. The van der Waals surface area contributed by atoms with Crippen molar-refractivity contribution >= 4 is 21.6 Å². The van der Waals surface area contributed by atoms with Crippen molar-refractivity contribution in [3.05, 3.63) is 17.8 Å². The van der Waals surface area contributed by atoms with Gasteiger partial charge in [-0.05, 0) is 6.07 Å². The van der Waals surface area contributed by atoms with Gasteiger partial charge in [0.1, 0.15) is 6.10 Å². The number of hydrogen-bond acceptors (Lipinski definition) is 5. The van der Waals surface area contributed by atoms with E-state index in [0.29, 0.717) is 17.1 Å². The van der Waals surface area contributed by atoms with Crippen LogP contribution in [0, 0.1) is 0 Å². The minimum Gasteiger partial charge on any atom is -0.480 e. The molecule has 0 aliphatic carbocycles. The molecule has 1 aromatic rings. The minimum atomic E-state index is -1.01. The molecule has 0 radical (unpaired) electrons. The molecule has 1 aromatic heterocycles. The van der Waals surface area contributed by atoms with Gasteiger partial charge in [-0.3, -0.25) is 0 Å². The standard InChI is InChI=1S/C9H13BrN2O3/c1-15-9-6(11)2-5(4-12-9)8(14)7(13)3-10/h2,4,7-8,13-14H,3,11H2,1H3. The molecule has 0 spiro atoms. The van der Waals surface area contributed by atoms with Gasteiger partial charge in [-0.25, -0.2) is 4.98 Å². The summed E-state index contributed by atoms with van der Waals surface area (Å²) in [5.41, 5.74) is 6.41. The molecular formula is C9H13BrN2O3. The lowest BCUT2D eigenvalue weighted by Crippen LogP contribution is -2.19. The quantitative estimate of drug-likeness (QED) is 0.696. The molecule has 4 N–H and O–H groups in total. The molecule has 0 amide bonds. The number of halogens is 1. The molecule has 0 fully saturated rings. The highest BCUT2D eigenvalue weighted by atomic mass is 79.9. The van der Waals surface area contributed by atoms with Gasteiger partial charge >= 0.3 is 0 Å². The lowest BCUT2D eigenvalue weighted by molar-refractivity contribution is 0.0340. The van der Waals surface area contributed by atoms with Crippen LogP contribution in [0.3, 0.4) is 0 Å². The number of hydrogen-bond donors (Lipinski definition) is 3. The van der Waals surface area contributed by atoms with Crippen molar-refractivity contribution in [3.8, 4) is 5.88 Å². The van der Waals surface area contributed by atoms with Gasteiger partial charge in [-0.1, -0.05) is 15.9 Å². The summed E-state index contributed by atoms with van der Waals surface area (Å²) in [5.74, 6) is 0.305. The number of anilines is 1. The Kier molecular flexibility index (Phi) is 4.31. The Morgan fingerprint density at radius 3 is 2.73 bits per heavy atom. The highest BCUT2D eigenvalue weighted by Crippen LogP contribution is 2.24. The Morgan fingerprint density at radius 1 is 1.60 bits per heavy atom. The zero-order valence-corrected chi connectivity index (χ0v) is 9.81. The maximum atomic E-state index is 9.66. The van der Waals surface area contributed by atoms with Crippen LogP contribution in [-0.2, 0) is 0 Å². The first-order valence-corrected chi connectivity index (χ1v) is 5.43. The van der Waals surface area contributed by atoms with E-state index in [0.717, 1.165) is 0 Å². The van der Waals surface area contributed by atoms with Gasteiger partial charge in [-0.2, -0.15) is 0 Å². The summed E-state index contributed by atoms with van der Waals surface area (Å²) in [6, 6.07) is 1.53. The first-order valence-electron chi connectivity index (χ1n) is 4.31. The average Bonchev–Trinajstić information content (AvgIpc) is 2.26. The molecule has 0 saturated carbocycles. The summed E-state index contributed by atoms with van der Waals surface area (Å²) in [6.45, 7) is 0. The van der Waals surface area contributed by atoms with Gasteiger partial charge in [0.2, 0.25) is 5.88 Å². The molecule has 0 aliphatic rings. The molecule has 6 heteroatoms. The molecule has 1 heterocycles. The normalized spacial score (nSPS) is 14.7. The van der Waals surface area contributed by atoms with E-state index >= 15 is 0 Å². The molecule has 0 bridgehead atoms. The molecule has 2 atom stereocenters. The van der Waals surface area contributed by atoms with Gasteiger partial charge in [-0.15, -0.1) is 0 Å². The number of methoxy groups -OCH3 is 1. The summed E-state index contributed by atoms with van der Waals surface area (Å²) >= 11 is 3.07. The monoisotopic (exact) mass is 276 g/mol. The average molecular weight is 277 g/mol. The molecule has 5 nitrogen and oxygen atoms in total. The number of rotatable bonds is 4. The van der Waals surface area contributed by atoms with E-state index in [1.807, 2.05) is 0 Å². The van der Waals surface area contributed by atoms with E-state index in [-0.39, 0.29) is 5.33 Å². The first-order chi connectivity index (χ1) is 7.10. The Morgan fingerprint density at radius 2 is 2.27 bits per heavy atom. The molecule has 1 rings (SSSR count). The zero-order chi connectivity index (χ0) is 11.4. The first kappa shape index (κ1) is 12.2. The number of aliphatic hydroxyl groups is 2. The number of nitrogens with two attached hydrogens (primary N) is 1. The lowest BCUT2D eigenvalue weighted by Gasteiger charge is -2.16. The van der Waals surface area contributed by atoms with Crippen molar-refractivity contribution in [2.75, 3.05) is 18.2 Å². The Hall–Kier alpha value is -0.850. The van der Waals surface area contributed by atoms with Crippen LogP contribution in [0.4, 0.5) is 5.69 Å². The Bertz CT molecular complexity index is 335. The Balaban J connectivity index is 2.92. The second-order valence-corrected chi connectivity index (χ2v) is 3.68. The predicted octanol–water partition coefficient (Wildman–Crippen LogP) is 0.462. The van der Waals surface area contributed by atoms with Crippen LogP contribution in [0.15, 0.2) is 12.3 Å². The topological polar surface area (TPSA) is 88.6 Å². The van der Waals surface area contributed by atoms with Gasteiger partial charge in [0.15, 0.2) is 0 Å². The highest BCUT2D eigenvalue weighted by molar-refractivity contribution is 9.09. The van der Waals surface area contributed by atoms with E-state index in [9.17, 15) is 10.2 Å². The maximum absolute atomic E-state index is 9.66. The lowest BCUT2D eigenvalue weighted by atomic mass is 10.1. The summed E-state index contributed by atoms with van der Waals surface area (Å²) in [5, 5.41) is 19.3. The smallest absolute Gasteiger partial charge is 0.236 e. The third-order valence-corrected chi connectivity index (χ3v) is 2.62. The van der Waals surface area contributed by atoms with E-state index in [1.54, 1.807) is 0 Å². The predicted molar refractivity (Wildman–Crippen MR) is 60.0 cm³/mol. The van der Waals surface area contributed by atoms with Crippen molar-refractivity contribution in [2.45, 2.75) is 12.2 Å². The van der Waals surface area contributed by atoms with E-state index in [4.69, 9.17) is 10.5 Å². The van der Waals surface area contributed by atoms with Crippen LogP contribution in [0.25, 0.3) is 0 Å². The van der Waals surface area contributed by atoms with E-state index in [2.05, 4.69) is 20.9 Å². The number of alkyl halides is 1. The van der Waals surface area contributed by atoms with Crippen LogP contribution in [0.2, 0.25) is 0 Å². The van der Waals surface area contributed by atoms with Gasteiger partial charge in [0.05, 0.1) is 18.9 Å². The second kappa shape index (κ2) is 5.29. The SMILES string of the molecule is COc1ncc(C(O)C(O)CBr)cc1N. The van der Waals surface area contributed by atoms with Crippen molar-refractivity contribution in [2.24, 2.45) is 0 Å².